The molecule has 0 fully saturated rings. The molecule has 3 N–H and O–H groups in total. The third kappa shape index (κ3) is 2.51. The molecule has 0 saturated carbocycles. The van der Waals surface area contributed by atoms with Crippen LogP contribution in [0.1, 0.15) is 0 Å². The lowest BCUT2D eigenvalue weighted by atomic mass is 10.1. The monoisotopic (exact) mass is 243 g/mol. The van der Waals surface area contributed by atoms with Crippen LogP contribution < -0.4 is 16.0 Å². The molecule has 5 heteroatoms. The molecule has 0 amide bonds. The molecule has 0 aliphatic rings. The lowest BCUT2D eigenvalue weighted by Crippen LogP contribution is -2.08. The van der Waals surface area contributed by atoms with Gasteiger partial charge in [0.1, 0.15) is 5.82 Å². The van der Waals surface area contributed by atoms with Gasteiger partial charge in [-0.25, -0.2) is 4.98 Å². The van der Waals surface area contributed by atoms with Crippen LogP contribution in [0.2, 0.25) is 0 Å². The number of aromatic nitrogens is 2. The smallest absolute Gasteiger partial charge is 0.222 e. The Labute approximate surface area is 107 Å². The summed E-state index contributed by atoms with van der Waals surface area (Å²) >= 11 is 0. The van der Waals surface area contributed by atoms with Crippen molar-refractivity contribution in [2.24, 2.45) is 0 Å². The molecule has 2 aromatic rings. The Morgan fingerprint density at radius 2 is 1.94 bits per heavy atom. The first kappa shape index (κ1) is 12.2. The van der Waals surface area contributed by atoms with E-state index in [1.165, 1.54) is 0 Å². The predicted molar refractivity (Wildman–Crippen MR) is 75.8 cm³/mol. The molecule has 5 nitrogen and oxygen atoms in total. The van der Waals surface area contributed by atoms with Crippen molar-refractivity contribution in [1.29, 1.82) is 0 Å². The van der Waals surface area contributed by atoms with Gasteiger partial charge in [0.25, 0.3) is 0 Å². The molecule has 0 unspecified atom stereocenters. The van der Waals surface area contributed by atoms with Crippen molar-refractivity contribution in [3.8, 4) is 11.3 Å². The normalized spacial score (nSPS) is 10.2. The Hall–Kier alpha value is -2.30. The number of hydrogen-bond acceptors (Lipinski definition) is 5. The summed E-state index contributed by atoms with van der Waals surface area (Å²) in [5.41, 5.74) is 8.65. The maximum atomic E-state index is 5.70. The molecule has 0 saturated heterocycles. The minimum Gasteiger partial charge on any atom is -0.378 e. The van der Waals surface area contributed by atoms with Crippen molar-refractivity contribution in [2.75, 3.05) is 37.1 Å². The average Bonchev–Trinajstić information content (AvgIpc) is 2.38. The van der Waals surface area contributed by atoms with Gasteiger partial charge in [-0.1, -0.05) is 12.1 Å². The van der Waals surface area contributed by atoms with Crippen LogP contribution in [-0.4, -0.2) is 31.1 Å². The van der Waals surface area contributed by atoms with Gasteiger partial charge < -0.3 is 16.0 Å². The van der Waals surface area contributed by atoms with E-state index >= 15 is 0 Å². The van der Waals surface area contributed by atoms with Crippen LogP contribution in [0.25, 0.3) is 11.3 Å². The number of nitrogens with one attached hydrogen (secondary N) is 1. The van der Waals surface area contributed by atoms with Crippen LogP contribution in [0, 0.1) is 0 Å². The second-order valence-corrected chi connectivity index (χ2v) is 4.19. The highest BCUT2D eigenvalue weighted by Gasteiger charge is 2.05. The second kappa shape index (κ2) is 4.91. The Kier molecular flexibility index (Phi) is 3.32. The molecule has 0 aliphatic carbocycles. The lowest BCUT2D eigenvalue weighted by molar-refractivity contribution is 1.13. The highest BCUT2D eigenvalue weighted by Crippen LogP contribution is 2.24. The van der Waals surface area contributed by atoms with Gasteiger partial charge in [-0.15, -0.1) is 0 Å². The van der Waals surface area contributed by atoms with Crippen LogP contribution in [0.5, 0.6) is 0 Å². The van der Waals surface area contributed by atoms with E-state index in [0.29, 0.717) is 5.82 Å². The zero-order valence-electron chi connectivity index (χ0n) is 10.8. The van der Waals surface area contributed by atoms with Crippen molar-refractivity contribution < 1.29 is 0 Å². The molecule has 0 bridgehead atoms. The number of nitrogen functional groups attached to an aromatic ring is 1. The number of anilines is 3. The molecule has 94 valence electrons. The fraction of sp³-hybridized carbons (Fsp3) is 0.231. The quantitative estimate of drug-likeness (QED) is 0.861. The van der Waals surface area contributed by atoms with Crippen molar-refractivity contribution in [3.63, 3.8) is 0 Å². The highest BCUT2D eigenvalue weighted by atomic mass is 15.1. The van der Waals surface area contributed by atoms with Crippen LogP contribution >= 0.6 is 0 Å². The first-order chi connectivity index (χ1) is 8.60. The van der Waals surface area contributed by atoms with E-state index in [2.05, 4.69) is 21.4 Å². The van der Waals surface area contributed by atoms with E-state index in [-0.39, 0.29) is 5.95 Å². The zero-order chi connectivity index (χ0) is 13.1. The van der Waals surface area contributed by atoms with Gasteiger partial charge in [0.15, 0.2) is 0 Å². The first-order valence-corrected chi connectivity index (χ1v) is 5.70. The summed E-state index contributed by atoms with van der Waals surface area (Å²) in [6.45, 7) is 0. The van der Waals surface area contributed by atoms with Crippen molar-refractivity contribution in [1.82, 2.24) is 9.97 Å². The van der Waals surface area contributed by atoms with Crippen LogP contribution in [0.15, 0.2) is 30.3 Å². The van der Waals surface area contributed by atoms with Gasteiger partial charge in [-0.2, -0.15) is 4.98 Å². The maximum Gasteiger partial charge on any atom is 0.222 e. The van der Waals surface area contributed by atoms with Crippen LogP contribution in [-0.2, 0) is 0 Å². The summed E-state index contributed by atoms with van der Waals surface area (Å²) in [5.74, 6) is 0.986. The molecular weight excluding hydrogens is 226 g/mol. The fourth-order valence-corrected chi connectivity index (χ4v) is 1.69. The maximum absolute atomic E-state index is 5.70. The summed E-state index contributed by atoms with van der Waals surface area (Å²) in [4.78, 5) is 10.4. The Balaban J connectivity index is 2.47. The molecule has 18 heavy (non-hydrogen) atoms. The summed E-state index contributed by atoms with van der Waals surface area (Å²) in [6, 6.07) is 10.0. The second-order valence-electron chi connectivity index (χ2n) is 4.19. The topological polar surface area (TPSA) is 67.1 Å². The molecule has 0 spiro atoms. The first-order valence-electron chi connectivity index (χ1n) is 5.70. The number of rotatable bonds is 3. The molecule has 1 aromatic carbocycles. The van der Waals surface area contributed by atoms with Gasteiger partial charge in [-0.05, 0) is 12.1 Å². The number of benzene rings is 1. The molecule has 0 radical (unpaired) electrons. The summed E-state index contributed by atoms with van der Waals surface area (Å²) in [6.07, 6.45) is 0. The molecule has 2 rings (SSSR count). The van der Waals surface area contributed by atoms with E-state index in [0.717, 1.165) is 16.9 Å². The van der Waals surface area contributed by atoms with Gasteiger partial charge >= 0.3 is 0 Å². The summed E-state index contributed by atoms with van der Waals surface area (Å²) < 4.78 is 0. The Morgan fingerprint density at radius 1 is 1.17 bits per heavy atom. The SMILES string of the molecule is CNc1cc(-c2cccc(N(C)C)c2)nc(N)n1. The molecular formula is C13H17N5. The largest absolute Gasteiger partial charge is 0.378 e. The minimum absolute atomic E-state index is 0.270. The molecule has 1 aromatic heterocycles. The van der Waals surface area contributed by atoms with E-state index in [9.17, 15) is 0 Å². The van der Waals surface area contributed by atoms with Crippen molar-refractivity contribution >= 4 is 17.5 Å². The van der Waals surface area contributed by atoms with Gasteiger partial charge in [0.2, 0.25) is 5.95 Å². The van der Waals surface area contributed by atoms with E-state index in [1.54, 1.807) is 0 Å². The van der Waals surface area contributed by atoms with Crippen molar-refractivity contribution in [2.45, 2.75) is 0 Å². The average molecular weight is 243 g/mol. The Bertz CT molecular complexity index is 551. The van der Waals surface area contributed by atoms with E-state index in [4.69, 9.17) is 5.73 Å². The number of nitrogens with zero attached hydrogens (tertiary/aromatic N) is 3. The third-order valence-electron chi connectivity index (χ3n) is 2.66. The predicted octanol–water partition coefficient (Wildman–Crippen LogP) is 1.83. The van der Waals surface area contributed by atoms with E-state index in [1.807, 2.05) is 50.3 Å². The van der Waals surface area contributed by atoms with Gasteiger partial charge in [-0.3, -0.25) is 0 Å². The van der Waals surface area contributed by atoms with Gasteiger partial charge in [0, 0.05) is 38.5 Å². The lowest BCUT2D eigenvalue weighted by Gasteiger charge is -2.13. The van der Waals surface area contributed by atoms with E-state index < -0.39 is 0 Å². The number of nitrogens with two attached hydrogens (primary N) is 1. The zero-order valence-corrected chi connectivity index (χ0v) is 10.8. The Morgan fingerprint density at radius 3 is 2.61 bits per heavy atom. The molecule has 1 heterocycles. The highest BCUT2D eigenvalue weighted by molar-refractivity contribution is 5.68. The van der Waals surface area contributed by atoms with Crippen LogP contribution in [0.3, 0.4) is 0 Å². The molecule has 0 aliphatic heterocycles. The third-order valence-corrected chi connectivity index (χ3v) is 2.66. The standard InChI is InChI=1S/C13H17N5/c1-15-12-8-11(16-13(14)17-12)9-5-4-6-10(7-9)18(2)3/h4-8H,1-3H3,(H3,14,15,16,17). The minimum atomic E-state index is 0.270. The summed E-state index contributed by atoms with van der Waals surface area (Å²) in [5, 5.41) is 2.97. The molecule has 0 atom stereocenters. The summed E-state index contributed by atoms with van der Waals surface area (Å²) in [7, 11) is 5.82. The van der Waals surface area contributed by atoms with Crippen molar-refractivity contribution in [3.05, 3.63) is 30.3 Å². The van der Waals surface area contributed by atoms with Gasteiger partial charge in [0.05, 0.1) is 5.69 Å². The van der Waals surface area contributed by atoms with Crippen LogP contribution in [0.4, 0.5) is 17.5 Å². The number of hydrogen-bond donors (Lipinski definition) is 2. The fourth-order valence-electron chi connectivity index (χ4n) is 1.69.